The Labute approximate surface area is 152 Å². The maximum absolute atomic E-state index is 12.0. The maximum Gasteiger partial charge on any atom is 0.269 e. The van der Waals surface area contributed by atoms with Gasteiger partial charge in [-0.1, -0.05) is 37.6 Å². The lowest BCUT2D eigenvalue weighted by Crippen LogP contribution is -2.43. The second kappa shape index (κ2) is 9.08. The van der Waals surface area contributed by atoms with E-state index in [4.69, 9.17) is 16.3 Å². The van der Waals surface area contributed by atoms with Gasteiger partial charge in [0.2, 0.25) is 5.91 Å². The molecule has 0 aromatic heterocycles. The molecular weight excluding hydrogens is 340 g/mol. The number of ether oxygens (including phenoxy) is 1. The van der Waals surface area contributed by atoms with E-state index in [9.17, 15) is 9.59 Å². The Kier molecular flexibility index (Phi) is 6.83. The number of rotatable bonds is 6. The van der Waals surface area contributed by atoms with Crippen LogP contribution in [0.2, 0.25) is 5.02 Å². The van der Waals surface area contributed by atoms with Crippen molar-refractivity contribution in [3.63, 3.8) is 0 Å². The van der Waals surface area contributed by atoms with Crippen molar-refractivity contribution in [2.75, 3.05) is 0 Å². The van der Waals surface area contributed by atoms with E-state index in [1.165, 1.54) is 0 Å². The van der Waals surface area contributed by atoms with Crippen LogP contribution < -0.4 is 15.6 Å². The van der Waals surface area contributed by atoms with Crippen LogP contribution >= 0.6 is 11.6 Å². The molecule has 0 bridgehead atoms. The second-order valence-electron chi connectivity index (χ2n) is 5.69. The number of nitrogens with one attached hydrogen (secondary N) is 2. The first-order chi connectivity index (χ1) is 12.0. The molecule has 0 aliphatic heterocycles. The first kappa shape index (κ1) is 18.8. The molecule has 0 saturated carbocycles. The molecule has 0 heterocycles. The molecule has 2 aromatic rings. The van der Waals surface area contributed by atoms with Crippen LogP contribution in [0, 0.1) is 5.92 Å². The summed E-state index contributed by atoms with van der Waals surface area (Å²) in [6.07, 6.45) is 0.712. The van der Waals surface area contributed by atoms with Gasteiger partial charge in [0.25, 0.3) is 5.91 Å². The van der Waals surface area contributed by atoms with E-state index >= 15 is 0 Å². The van der Waals surface area contributed by atoms with E-state index in [2.05, 4.69) is 10.9 Å². The number of hydrogen-bond donors (Lipinski definition) is 2. The fraction of sp³-hybridized carbons (Fsp3) is 0.263. The van der Waals surface area contributed by atoms with Gasteiger partial charge in [0.05, 0.1) is 0 Å². The van der Waals surface area contributed by atoms with Gasteiger partial charge in [-0.2, -0.15) is 0 Å². The zero-order valence-electron chi connectivity index (χ0n) is 14.2. The van der Waals surface area contributed by atoms with Crippen LogP contribution in [-0.2, 0) is 11.4 Å². The molecule has 0 aliphatic rings. The van der Waals surface area contributed by atoms with Crippen molar-refractivity contribution in [1.82, 2.24) is 10.9 Å². The summed E-state index contributed by atoms with van der Waals surface area (Å²) >= 11 is 5.83. The number of benzene rings is 2. The third-order valence-electron chi connectivity index (χ3n) is 3.79. The van der Waals surface area contributed by atoms with E-state index in [1.54, 1.807) is 55.5 Å². The minimum Gasteiger partial charge on any atom is -0.489 e. The first-order valence-corrected chi connectivity index (χ1v) is 8.45. The van der Waals surface area contributed by atoms with Gasteiger partial charge in [0.15, 0.2) is 0 Å². The normalized spacial score (nSPS) is 11.5. The predicted molar refractivity (Wildman–Crippen MR) is 97.3 cm³/mol. The van der Waals surface area contributed by atoms with Crippen molar-refractivity contribution >= 4 is 23.4 Å². The third kappa shape index (κ3) is 5.80. The van der Waals surface area contributed by atoms with Gasteiger partial charge in [-0.05, 0) is 48.4 Å². The minimum atomic E-state index is -0.359. The molecule has 0 unspecified atom stereocenters. The number of hydrazine groups is 1. The molecular formula is C19H21ClN2O3. The van der Waals surface area contributed by atoms with Crippen LogP contribution in [0.15, 0.2) is 48.5 Å². The zero-order chi connectivity index (χ0) is 18.2. The number of carbonyl (C=O) groups excluding carboxylic acids is 2. The highest BCUT2D eigenvalue weighted by Gasteiger charge is 2.12. The lowest BCUT2D eigenvalue weighted by molar-refractivity contribution is -0.125. The lowest BCUT2D eigenvalue weighted by Gasteiger charge is -2.11. The largest absolute Gasteiger partial charge is 0.489 e. The Bertz CT molecular complexity index is 714. The van der Waals surface area contributed by atoms with Crippen molar-refractivity contribution in [2.45, 2.75) is 26.9 Å². The Morgan fingerprint density at radius 2 is 1.68 bits per heavy atom. The Morgan fingerprint density at radius 3 is 2.28 bits per heavy atom. The summed E-state index contributed by atoms with van der Waals surface area (Å²) in [7, 11) is 0. The molecule has 2 aromatic carbocycles. The Balaban J connectivity index is 1.85. The van der Waals surface area contributed by atoms with Crippen LogP contribution in [-0.4, -0.2) is 11.8 Å². The quantitative estimate of drug-likeness (QED) is 0.771. The molecule has 0 spiro atoms. The fourth-order valence-electron chi connectivity index (χ4n) is 1.95. The van der Waals surface area contributed by atoms with Gasteiger partial charge >= 0.3 is 0 Å². The standard InChI is InChI=1S/C19H21ClN2O3/c1-3-13(2)18(23)21-22-19(24)15-6-4-14(5-7-15)12-25-17-10-8-16(20)9-11-17/h4-11,13H,3,12H2,1-2H3,(H,21,23)(H,22,24)/t13-/m0/s1. The number of amides is 2. The highest BCUT2D eigenvalue weighted by atomic mass is 35.5. The highest BCUT2D eigenvalue weighted by molar-refractivity contribution is 6.30. The monoisotopic (exact) mass is 360 g/mol. The molecule has 2 N–H and O–H groups in total. The molecule has 0 saturated heterocycles. The van der Waals surface area contributed by atoms with Crippen LogP contribution in [0.5, 0.6) is 5.75 Å². The van der Waals surface area contributed by atoms with Crippen molar-refractivity contribution in [2.24, 2.45) is 5.92 Å². The number of carbonyl (C=O) groups is 2. The van der Waals surface area contributed by atoms with Crippen LogP contribution in [0.3, 0.4) is 0 Å². The topological polar surface area (TPSA) is 67.4 Å². The molecule has 25 heavy (non-hydrogen) atoms. The first-order valence-electron chi connectivity index (χ1n) is 8.07. The fourth-order valence-corrected chi connectivity index (χ4v) is 2.07. The summed E-state index contributed by atoms with van der Waals surface area (Å²) in [6, 6.07) is 14.1. The Hall–Kier alpha value is -2.53. The predicted octanol–water partition coefficient (Wildman–Crippen LogP) is 3.73. The molecule has 1 atom stereocenters. The molecule has 2 amide bonds. The summed E-state index contributed by atoms with van der Waals surface area (Å²) in [4.78, 5) is 23.7. The molecule has 0 aliphatic carbocycles. The van der Waals surface area contributed by atoms with Crippen molar-refractivity contribution in [3.8, 4) is 5.75 Å². The SMILES string of the molecule is CC[C@H](C)C(=O)NNC(=O)c1ccc(COc2ccc(Cl)cc2)cc1. The van der Waals surface area contributed by atoms with E-state index in [1.807, 2.05) is 6.92 Å². The van der Waals surface area contributed by atoms with Crippen molar-refractivity contribution in [1.29, 1.82) is 0 Å². The Morgan fingerprint density at radius 1 is 1.04 bits per heavy atom. The summed E-state index contributed by atoms with van der Waals surface area (Å²) in [5.41, 5.74) is 6.22. The van der Waals surface area contributed by atoms with Gasteiger partial charge in [0.1, 0.15) is 12.4 Å². The van der Waals surface area contributed by atoms with E-state index < -0.39 is 0 Å². The van der Waals surface area contributed by atoms with E-state index in [0.717, 1.165) is 11.3 Å². The molecule has 0 radical (unpaired) electrons. The molecule has 2 rings (SSSR count). The van der Waals surface area contributed by atoms with Crippen LogP contribution in [0.1, 0.15) is 36.2 Å². The number of halogens is 1. The van der Waals surface area contributed by atoms with Gasteiger partial charge in [-0.25, -0.2) is 0 Å². The summed E-state index contributed by atoms with van der Waals surface area (Å²) in [5, 5.41) is 0.656. The summed E-state index contributed by atoms with van der Waals surface area (Å²) < 4.78 is 5.65. The van der Waals surface area contributed by atoms with Crippen LogP contribution in [0.4, 0.5) is 0 Å². The average molecular weight is 361 g/mol. The molecule has 5 nitrogen and oxygen atoms in total. The lowest BCUT2D eigenvalue weighted by atomic mass is 10.1. The summed E-state index contributed by atoms with van der Waals surface area (Å²) in [5.74, 6) is 0.0114. The van der Waals surface area contributed by atoms with E-state index in [0.29, 0.717) is 23.6 Å². The van der Waals surface area contributed by atoms with Gasteiger partial charge in [0, 0.05) is 16.5 Å². The van der Waals surface area contributed by atoms with Crippen molar-refractivity contribution in [3.05, 3.63) is 64.7 Å². The molecule has 0 fully saturated rings. The van der Waals surface area contributed by atoms with E-state index in [-0.39, 0.29) is 17.7 Å². The van der Waals surface area contributed by atoms with Crippen molar-refractivity contribution < 1.29 is 14.3 Å². The molecule has 132 valence electrons. The second-order valence-corrected chi connectivity index (χ2v) is 6.13. The van der Waals surface area contributed by atoms with Gasteiger partial charge < -0.3 is 4.74 Å². The average Bonchev–Trinajstić information content (AvgIpc) is 2.65. The minimum absolute atomic E-state index is 0.146. The highest BCUT2D eigenvalue weighted by Crippen LogP contribution is 2.17. The van der Waals surface area contributed by atoms with Gasteiger partial charge in [-0.3, -0.25) is 20.4 Å². The van der Waals surface area contributed by atoms with Crippen LogP contribution in [0.25, 0.3) is 0 Å². The van der Waals surface area contributed by atoms with Gasteiger partial charge in [-0.15, -0.1) is 0 Å². The number of hydrogen-bond acceptors (Lipinski definition) is 3. The third-order valence-corrected chi connectivity index (χ3v) is 4.05. The maximum atomic E-state index is 12.0. The zero-order valence-corrected chi connectivity index (χ0v) is 15.0. The molecule has 6 heteroatoms. The summed E-state index contributed by atoms with van der Waals surface area (Å²) in [6.45, 7) is 4.10. The smallest absolute Gasteiger partial charge is 0.269 e.